The molecule has 0 aromatic heterocycles. The van der Waals surface area contributed by atoms with Gasteiger partial charge in [0.25, 0.3) is 0 Å². The molecule has 0 unspecified atom stereocenters. The number of aliphatic hydroxyl groups excluding tert-OH is 1. The summed E-state index contributed by atoms with van der Waals surface area (Å²) in [4.78, 5) is 25.6. The molecule has 7 heteroatoms. The lowest BCUT2D eigenvalue weighted by Crippen LogP contribution is -2.40. The second-order valence-electron chi connectivity index (χ2n) is 9.45. The number of ketones is 2. The second-order valence-corrected chi connectivity index (χ2v) is 14.3. The van der Waals surface area contributed by atoms with E-state index in [0.29, 0.717) is 37.2 Å². The predicted molar refractivity (Wildman–Crippen MR) is 128 cm³/mol. The Hall–Kier alpha value is -2.22. The minimum atomic E-state index is -1.83. The quantitative estimate of drug-likeness (QED) is 0.404. The van der Waals surface area contributed by atoms with E-state index in [1.165, 1.54) is 20.3 Å². The Morgan fingerprint density at radius 3 is 2.34 bits per heavy atom. The Kier molecular flexibility index (Phi) is 8.62. The number of benzene rings is 1. The molecule has 1 aromatic rings. The molecule has 0 saturated heterocycles. The Labute approximate surface area is 192 Å². The van der Waals surface area contributed by atoms with Crippen LogP contribution in [0.3, 0.4) is 0 Å². The van der Waals surface area contributed by atoms with Gasteiger partial charge < -0.3 is 19.0 Å². The molecule has 6 nitrogen and oxygen atoms in total. The van der Waals surface area contributed by atoms with E-state index in [9.17, 15) is 14.7 Å². The number of allylic oxidation sites excluding steroid dienone is 3. The molecule has 0 spiro atoms. The maximum atomic E-state index is 12.8. The lowest BCUT2D eigenvalue weighted by Gasteiger charge is -2.35. The number of hydrogen-bond donors (Lipinski definition) is 1. The van der Waals surface area contributed by atoms with Gasteiger partial charge in [-0.1, -0.05) is 32.9 Å². The summed E-state index contributed by atoms with van der Waals surface area (Å²) in [5, 5.41) is 9.50. The fraction of sp³-hybridized carbons (Fsp3) is 0.520. The number of fused-ring (bicyclic) bond motifs is 1. The van der Waals surface area contributed by atoms with Gasteiger partial charge in [-0.3, -0.25) is 9.59 Å². The summed E-state index contributed by atoms with van der Waals surface area (Å²) in [5.41, 5.74) is 2.28. The van der Waals surface area contributed by atoms with Crippen molar-refractivity contribution in [2.45, 2.75) is 58.2 Å². The highest BCUT2D eigenvalue weighted by Gasteiger charge is 2.36. The number of ether oxygens (including phenoxy) is 2. The van der Waals surface area contributed by atoms with Crippen molar-refractivity contribution in [3.05, 3.63) is 52.3 Å². The summed E-state index contributed by atoms with van der Waals surface area (Å²) in [6, 6.07) is 1.76. The molecule has 32 heavy (non-hydrogen) atoms. The largest absolute Gasteiger partial charge is 0.496 e. The van der Waals surface area contributed by atoms with Gasteiger partial charge in [0.2, 0.25) is 5.78 Å². The summed E-state index contributed by atoms with van der Waals surface area (Å²) >= 11 is 0. The summed E-state index contributed by atoms with van der Waals surface area (Å²) in [6.07, 6.45) is 6.84. The first-order chi connectivity index (χ1) is 15.0. The molecule has 0 heterocycles. The summed E-state index contributed by atoms with van der Waals surface area (Å²) < 4.78 is 16.9. The van der Waals surface area contributed by atoms with Crippen molar-refractivity contribution in [2.75, 3.05) is 27.4 Å². The van der Waals surface area contributed by atoms with Crippen LogP contribution in [-0.4, -0.2) is 52.4 Å². The van der Waals surface area contributed by atoms with E-state index in [1.54, 1.807) is 6.07 Å². The van der Waals surface area contributed by atoms with Gasteiger partial charge in [-0.15, -0.1) is 0 Å². The Morgan fingerprint density at radius 1 is 1.09 bits per heavy atom. The van der Waals surface area contributed by atoms with E-state index in [1.807, 2.05) is 12.2 Å². The van der Waals surface area contributed by atoms with Gasteiger partial charge >= 0.3 is 0 Å². The van der Waals surface area contributed by atoms with Crippen molar-refractivity contribution in [2.24, 2.45) is 0 Å². The highest BCUT2D eigenvalue weighted by molar-refractivity contribution is 6.74. The average molecular weight is 461 g/mol. The van der Waals surface area contributed by atoms with Gasteiger partial charge in [0, 0.05) is 18.2 Å². The minimum absolute atomic E-state index is 0.0243. The smallest absolute Gasteiger partial charge is 0.228 e. The molecule has 0 fully saturated rings. The lowest BCUT2D eigenvalue weighted by atomic mass is 9.86. The van der Waals surface area contributed by atoms with Gasteiger partial charge in [-0.05, 0) is 54.6 Å². The molecule has 0 bridgehead atoms. The van der Waals surface area contributed by atoms with E-state index in [-0.39, 0.29) is 34.5 Å². The molecule has 1 N–H and O–H groups in total. The molecule has 0 amide bonds. The molecular weight excluding hydrogens is 424 g/mol. The van der Waals surface area contributed by atoms with Crippen LogP contribution < -0.4 is 4.74 Å². The number of hydrogen-bond acceptors (Lipinski definition) is 6. The Morgan fingerprint density at radius 2 is 1.78 bits per heavy atom. The lowest BCUT2D eigenvalue weighted by molar-refractivity contribution is 0.0914. The number of Topliss-reactive ketones (excluding diaryl/α,β-unsaturated/α-hetero) is 1. The number of aliphatic hydroxyl groups is 1. The van der Waals surface area contributed by atoms with Crippen LogP contribution in [0.2, 0.25) is 18.1 Å². The zero-order chi connectivity index (χ0) is 24.1. The van der Waals surface area contributed by atoms with E-state index in [4.69, 9.17) is 13.9 Å². The molecule has 1 aromatic carbocycles. The van der Waals surface area contributed by atoms with Gasteiger partial charge in [0.15, 0.2) is 19.9 Å². The highest BCUT2D eigenvalue weighted by Crippen LogP contribution is 2.37. The SMILES string of the molecule is COC1=CC(=O)c2c(cc(C/C=C/CO[Si](C)(C)C(C)(C)C)c(CCCO)c2OC)C1=O. The maximum Gasteiger partial charge on any atom is 0.228 e. The predicted octanol–water partition coefficient (Wildman–Crippen LogP) is 4.65. The minimum Gasteiger partial charge on any atom is -0.496 e. The zero-order valence-corrected chi connectivity index (χ0v) is 21.3. The normalized spacial score (nSPS) is 14.6. The van der Waals surface area contributed by atoms with E-state index in [2.05, 4.69) is 33.9 Å². The van der Waals surface area contributed by atoms with Gasteiger partial charge in [-0.25, -0.2) is 0 Å². The fourth-order valence-electron chi connectivity index (χ4n) is 3.41. The van der Waals surface area contributed by atoms with Crippen molar-refractivity contribution in [1.82, 2.24) is 0 Å². The zero-order valence-electron chi connectivity index (χ0n) is 20.3. The first-order valence-electron chi connectivity index (χ1n) is 11.0. The van der Waals surface area contributed by atoms with Crippen LogP contribution in [0.15, 0.2) is 30.1 Å². The van der Waals surface area contributed by atoms with Crippen LogP contribution in [0, 0.1) is 0 Å². The van der Waals surface area contributed by atoms with E-state index >= 15 is 0 Å². The van der Waals surface area contributed by atoms with Crippen LogP contribution in [0.1, 0.15) is 59.0 Å². The molecular formula is C25H36O6Si. The topological polar surface area (TPSA) is 82.1 Å². The van der Waals surface area contributed by atoms with Crippen molar-refractivity contribution >= 4 is 19.9 Å². The molecule has 176 valence electrons. The molecule has 0 atom stereocenters. The molecule has 1 aliphatic carbocycles. The van der Waals surface area contributed by atoms with Crippen molar-refractivity contribution in [3.63, 3.8) is 0 Å². The number of carbonyl (C=O) groups is 2. The Bertz CT molecular complexity index is 921. The van der Waals surface area contributed by atoms with Crippen LogP contribution in [0.5, 0.6) is 5.75 Å². The molecule has 0 saturated carbocycles. The van der Waals surface area contributed by atoms with Gasteiger partial charge in [0.1, 0.15) is 5.75 Å². The van der Waals surface area contributed by atoms with Crippen LogP contribution >= 0.6 is 0 Å². The number of rotatable bonds is 10. The third kappa shape index (κ3) is 5.57. The molecule has 0 radical (unpaired) electrons. The van der Waals surface area contributed by atoms with Gasteiger partial charge in [-0.2, -0.15) is 0 Å². The van der Waals surface area contributed by atoms with E-state index in [0.717, 1.165) is 11.1 Å². The highest BCUT2D eigenvalue weighted by atomic mass is 28.4. The fourth-order valence-corrected chi connectivity index (χ4v) is 4.35. The van der Waals surface area contributed by atoms with Crippen LogP contribution in [-0.2, 0) is 22.0 Å². The first kappa shape index (κ1) is 26.0. The van der Waals surface area contributed by atoms with Crippen molar-refractivity contribution in [1.29, 1.82) is 0 Å². The van der Waals surface area contributed by atoms with Gasteiger partial charge in [0.05, 0.1) is 26.4 Å². The number of carbonyl (C=O) groups excluding carboxylic acids is 2. The van der Waals surface area contributed by atoms with E-state index < -0.39 is 8.32 Å². The standard InChI is InChI=1S/C25H36O6Si/c1-25(2,3)32(6,7)31-14-9-8-11-17-15-19-22(20(27)16-21(29-4)23(19)28)24(30-5)18(17)12-10-13-26/h8-9,15-16,26H,10-14H2,1-7H3/b9-8+. The average Bonchev–Trinajstić information content (AvgIpc) is 2.72. The second kappa shape index (κ2) is 10.6. The number of methoxy groups -OCH3 is 2. The third-order valence-corrected chi connectivity index (χ3v) is 10.8. The van der Waals surface area contributed by atoms with Crippen molar-refractivity contribution in [3.8, 4) is 5.75 Å². The maximum absolute atomic E-state index is 12.8. The summed E-state index contributed by atoms with van der Waals surface area (Å²) in [7, 11) is 1.05. The van der Waals surface area contributed by atoms with Crippen LogP contribution in [0.4, 0.5) is 0 Å². The van der Waals surface area contributed by atoms with Crippen molar-refractivity contribution < 1.29 is 28.6 Å². The monoisotopic (exact) mass is 460 g/mol. The molecule has 0 aliphatic heterocycles. The van der Waals surface area contributed by atoms with Crippen LogP contribution in [0.25, 0.3) is 0 Å². The summed E-state index contributed by atoms with van der Waals surface area (Å²) in [5.74, 6) is -0.220. The third-order valence-electron chi connectivity index (χ3n) is 6.31. The summed E-state index contributed by atoms with van der Waals surface area (Å²) in [6.45, 7) is 11.6. The molecule has 1 aliphatic rings. The molecule has 2 rings (SSSR count). The first-order valence-corrected chi connectivity index (χ1v) is 13.9. The Balaban J connectivity index is 2.37.